The Bertz CT molecular complexity index is 632. The van der Waals surface area contributed by atoms with Crippen molar-refractivity contribution in [1.82, 2.24) is 9.55 Å². The number of methoxy groups -OCH3 is 1. The fraction of sp³-hybridized carbons (Fsp3) is 0.154. The molecule has 0 amide bonds. The van der Waals surface area contributed by atoms with E-state index in [1.54, 1.807) is 24.8 Å². The van der Waals surface area contributed by atoms with Crippen LogP contribution in [0, 0.1) is 10.1 Å². The van der Waals surface area contributed by atoms with Gasteiger partial charge >= 0.3 is 5.82 Å². The van der Waals surface area contributed by atoms with Gasteiger partial charge in [0.1, 0.15) is 11.9 Å². The Labute approximate surface area is 110 Å². The first kappa shape index (κ1) is 12.8. The lowest BCUT2D eigenvalue weighted by atomic mass is 10.2. The van der Waals surface area contributed by atoms with Crippen LogP contribution in [-0.4, -0.2) is 21.6 Å². The molecule has 0 unspecified atom stereocenters. The van der Waals surface area contributed by atoms with Crippen molar-refractivity contribution in [3.63, 3.8) is 0 Å². The second kappa shape index (κ2) is 5.34. The molecule has 0 radical (unpaired) electrons. The molecule has 0 saturated heterocycles. The normalized spacial score (nSPS) is 10.8. The largest absolute Gasteiger partial charge is 0.496 e. The number of rotatable bonds is 4. The van der Waals surface area contributed by atoms with Gasteiger partial charge in [-0.15, -0.1) is 0 Å². The topological polar surface area (TPSA) is 70.2 Å². The number of benzene rings is 1. The van der Waals surface area contributed by atoms with Crippen LogP contribution in [0.15, 0.2) is 30.5 Å². The molecular weight excluding hydrogens is 246 g/mol. The molecule has 6 nitrogen and oxygen atoms in total. The Morgan fingerprint density at radius 1 is 1.37 bits per heavy atom. The summed E-state index contributed by atoms with van der Waals surface area (Å²) < 4.78 is 6.82. The summed E-state index contributed by atoms with van der Waals surface area (Å²) in [4.78, 5) is 14.0. The van der Waals surface area contributed by atoms with E-state index >= 15 is 0 Å². The molecule has 19 heavy (non-hydrogen) atoms. The molecule has 1 aromatic heterocycles. The summed E-state index contributed by atoms with van der Waals surface area (Å²) >= 11 is 0. The zero-order valence-electron chi connectivity index (χ0n) is 10.6. The molecule has 0 atom stereocenters. The predicted octanol–water partition coefficient (Wildman–Crippen LogP) is 2.51. The molecule has 0 aliphatic rings. The molecule has 98 valence electrons. The third-order valence-electron chi connectivity index (χ3n) is 2.64. The van der Waals surface area contributed by atoms with Gasteiger partial charge in [-0.3, -0.25) is 0 Å². The van der Waals surface area contributed by atoms with Crippen LogP contribution in [0.3, 0.4) is 0 Å². The van der Waals surface area contributed by atoms with E-state index in [9.17, 15) is 10.1 Å². The lowest BCUT2D eigenvalue weighted by Gasteiger charge is -2.02. The first-order valence-electron chi connectivity index (χ1n) is 5.60. The molecule has 2 rings (SSSR count). The lowest BCUT2D eigenvalue weighted by molar-refractivity contribution is -0.389. The van der Waals surface area contributed by atoms with E-state index in [0.717, 1.165) is 11.3 Å². The molecule has 0 spiro atoms. The van der Waals surface area contributed by atoms with Crippen LogP contribution in [0.2, 0.25) is 0 Å². The number of imidazole rings is 1. The monoisotopic (exact) mass is 259 g/mol. The Kier molecular flexibility index (Phi) is 3.61. The van der Waals surface area contributed by atoms with Crippen molar-refractivity contribution < 1.29 is 9.66 Å². The molecule has 2 aromatic rings. The van der Waals surface area contributed by atoms with Crippen molar-refractivity contribution in [2.45, 2.75) is 0 Å². The Balaban J connectivity index is 2.30. The first-order valence-corrected chi connectivity index (χ1v) is 5.60. The minimum absolute atomic E-state index is 0.165. The number of aryl methyl sites for hydroxylation is 1. The fourth-order valence-corrected chi connectivity index (χ4v) is 1.68. The molecule has 1 aromatic carbocycles. The minimum Gasteiger partial charge on any atom is -0.496 e. The molecule has 0 fully saturated rings. The van der Waals surface area contributed by atoms with Crippen molar-refractivity contribution in [1.29, 1.82) is 0 Å². The maximum atomic E-state index is 10.6. The van der Waals surface area contributed by atoms with Crippen molar-refractivity contribution in [2.75, 3.05) is 7.11 Å². The third-order valence-corrected chi connectivity index (χ3v) is 2.64. The highest BCUT2D eigenvalue weighted by Gasteiger charge is 2.13. The van der Waals surface area contributed by atoms with Gasteiger partial charge in [0.05, 0.1) is 7.11 Å². The quantitative estimate of drug-likeness (QED) is 0.624. The van der Waals surface area contributed by atoms with Crippen LogP contribution in [0.25, 0.3) is 12.2 Å². The highest BCUT2D eigenvalue weighted by Crippen LogP contribution is 2.20. The van der Waals surface area contributed by atoms with E-state index in [4.69, 9.17) is 4.74 Å². The number of nitrogens with zero attached hydrogens (tertiary/aromatic N) is 3. The van der Waals surface area contributed by atoms with Crippen LogP contribution in [0.5, 0.6) is 5.75 Å². The van der Waals surface area contributed by atoms with E-state index in [0.29, 0.717) is 5.82 Å². The zero-order valence-corrected chi connectivity index (χ0v) is 10.6. The predicted molar refractivity (Wildman–Crippen MR) is 71.8 cm³/mol. The SMILES string of the molecule is COc1ccccc1/C=C/c1nc([N+](=O)[O-])cn1C. The molecule has 0 bridgehead atoms. The van der Waals surface area contributed by atoms with Gasteiger partial charge in [-0.05, 0) is 22.0 Å². The van der Waals surface area contributed by atoms with Crippen LogP contribution in [-0.2, 0) is 7.05 Å². The maximum Gasteiger partial charge on any atom is 0.382 e. The number of ether oxygens (including phenoxy) is 1. The van der Waals surface area contributed by atoms with E-state index in [2.05, 4.69) is 4.98 Å². The Morgan fingerprint density at radius 2 is 2.11 bits per heavy atom. The molecule has 6 heteroatoms. The van der Waals surface area contributed by atoms with E-state index in [1.165, 1.54) is 6.20 Å². The summed E-state index contributed by atoms with van der Waals surface area (Å²) in [6, 6.07) is 7.51. The van der Waals surface area contributed by atoms with Gasteiger partial charge in [0, 0.05) is 18.7 Å². The molecule has 0 saturated carbocycles. The molecule has 1 heterocycles. The van der Waals surface area contributed by atoms with Crippen LogP contribution in [0.4, 0.5) is 5.82 Å². The van der Waals surface area contributed by atoms with Crippen molar-refractivity contribution in [3.05, 3.63) is 52.0 Å². The van der Waals surface area contributed by atoms with E-state index in [-0.39, 0.29) is 5.82 Å². The smallest absolute Gasteiger partial charge is 0.382 e. The van der Waals surface area contributed by atoms with Crippen molar-refractivity contribution in [3.8, 4) is 5.75 Å². The third kappa shape index (κ3) is 2.79. The Morgan fingerprint density at radius 3 is 2.74 bits per heavy atom. The fourth-order valence-electron chi connectivity index (χ4n) is 1.68. The number of hydrogen-bond acceptors (Lipinski definition) is 4. The number of para-hydroxylation sites is 1. The molecule has 0 aliphatic heterocycles. The van der Waals surface area contributed by atoms with Gasteiger partial charge in [0.25, 0.3) is 0 Å². The Hall–Kier alpha value is -2.63. The van der Waals surface area contributed by atoms with Crippen molar-refractivity contribution in [2.24, 2.45) is 7.05 Å². The lowest BCUT2D eigenvalue weighted by Crippen LogP contribution is -1.89. The van der Waals surface area contributed by atoms with Gasteiger partial charge in [0.15, 0.2) is 0 Å². The molecule has 0 N–H and O–H groups in total. The summed E-state index contributed by atoms with van der Waals surface area (Å²) in [7, 11) is 3.31. The van der Waals surface area contributed by atoms with Crippen LogP contribution >= 0.6 is 0 Å². The number of hydrogen-bond donors (Lipinski definition) is 0. The van der Waals surface area contributed by atoms with E-state index in [1.807, 2.05) is 30.3 Å². The van der Waals surface area contributed by atoms with Crippen LogP contribution < -0.4 is 4.74 Å². The minimum atomic E-state index is -0.513. The molecular formula is C13H13N3O3. The van der Waals surface area contributed by atoms with E-state index < -0.39 is 4.92 Å². The highest BCUT2D eigenvalue weighted by atomic mass is 16.6. The zero-order chi connectivity index (χ0) is 13.8. The number of aromatic nitrogens is 2. The van der Waals surface area contributed by atoms with Crippen LogP contribution in [0.1, 0.15) is 11.4 Å². The van der Waals surface area contributed by atoms with Gasteiger partial charge in [-0.1, -0.05) is 18.2 Å². The number of nitro groups is 1. The van der Waals surface area contributed by atoms with Crippen molar-refractivity contribution >= 4 is 18.0 Å². The standard InChI is InChI=1S/C13H13N3O3/c1-15-9-13(16(17)18)14-12(15)8-7-10-5-3-4-6-11(10)19-2/h3-9H,1-2H3/b8-7+. The summed E-state index contributed by atoms with van der Waals surface area (Å²) in [6.45, 7) is 0. The first-order chi connectivity index (χ1) is 9.11. The summed E-state index contributed by atoms with van der Waals surface area (Å²) in [5, 5.41) is 10.6. The summed E-state index contributed by atoms with van der Waals surface area (Å²) in [6.07, 6.45) is 4.90. The second-order valence-corrected chi connectivity index (χ2v) is 3.90. The van der Waals surface area contributed by atoms with Gasteiger partial charge < -0.3 is 19.4 Å². The highest BCUT2D eigenvalue weighted by molar-refractivity contribution is 5.70. The average Bonchev–Trinajstić information content (AvgIpc) is 2.78. The summed E-state index contributed by atoms with van der Waals surface area (Å²) in [5.74, 6) is 1.09. The maximum absolute atomic E-state index is 10.6. The molecule has 0 aliphatic carbocycles. The second-order valence-electron chi connectivity index (χ2n) is 3.90. The summed E-state index contributed by atoms with van der Waals surface area (Å²) in [5.41, 5.74) is 0.885. The van der Waals surface area contributed by atoms with Gasteiger partial charge in [-0.2, -0.15) is 0 Å². The van der Waals surface area contributed by atoms with Gasteiger partial charge in [0.2, 0.25) is 5.82 Å². The van der Waals surface area contributed by atoms with Gasteiger partial charge in [-0.25, -0.2) is 0 Å². The average molecular weight is 259 g/mol.